The van der Waals surface area contributed by atoms with Crippen molar-refractivity contribution in [1.29, 1.82) is 0 Å². The first-order valence-electron chi connectivity index (χ1n) is 7.29. The van der Waals surface area contributed by atoms with Crippen molar-refractivity contribution in [3.8, 4) is 0 Å². The monoisotopic (exact) mass is 307 g/mol. The predicted molar refractivity (Wildman–Crippen MR) is 79.3 cm³/mol. The van der Waals surface area contributed by atoms with Gasteiger partial charge in [-0.3, -0.25) is 9.59 Å². The summed E-state index contributed by atoms with van der Waals surface area (Å²) >= 11 is 6.08. The van der Waals surface area contributed by atoms with Crippen molar-refractivity contribution in [2.75, 3.05) is 19.7 Å². The molecule has 0 aliphatic carbocycles. The van der Waals surface area contributed by atoms with Gasteiger partial charge in [0.1, 0.15) is 5.60 Å². The van der Waals surface area contributed by atoms with E-state index in [1.165, 1.54) is 0 Å². The SMILES string of the molecule is O=C(Cc1ccccc1Cl)N1CC[C@@]2(CCCO2)C(=O)C1. The summed E-state index contributed by atoms with van der Waals surface area (Å²) in [6.07, 6.45) is 2.57. The minimum atomic E-state index is -0.610. The van der Waals surface area contributed by atoms with Gasteiger partial charge in [0, 0.05) is 24.6 Å². The quantitative estimate of drug-likeness (QED) is 0.842. The van der Waals surface area contributed by atoms with Crippen LogP contribution in [-0.2, 0) is 20.7 Å². The van der Waals surface area contributed by atoms with Crippen LogP contribution in [0.3, 0.4) is 0 Å². The second kappa shape index (κ2) is 5.78. The van der Waals surface area contributed by atoms with Crippen molar-refractivity contribution in [3.63, 3.8) is 0 Å². The molecule has 0 aromatic heterocycles. The van der Waals surface area contributed by atoms with E-state index in [1.54, 1.807) is 11.0 Å². The zero-order chi connectivity index (χ0) is 14.9. The Morgan fingerprint density at radius 2 is 2.14 bits per heavy atom. The number of amides is 1. The van der Waals surface area contributed by atoms with E-state index in [9.17, 15) is 9.59 Å². The fourth-order valence-corrected chi connectivity index (χ4v) is 3.30. The van der Waals surface area contributed by atoms with Crippen LogP contribution in [0, 0.1) is 0 Å². The van der Waals surface area contributed by atoms with Crippen LogP contribution >= 0.6 is 11.6 Å². The maximum Gasteiger partial charge on any atom is 0.227 e. The largest absolute Gasteiger partial charge is 0.367 e. The minimum Gasteiger partial charge on any atom is -0.367 e. The zero-order valence-electron chi connectivity index (χ0n) is 11.8. The molecule has 1 aromatic carbocycles. The number of halogens is 1. The first kappa shape index (κ1) is 14.5. The Bertz CT molecular complexity index is 566. The number of nitrogens with zero attached hydrogens (tertiary/aromatic N) is 1. The lowest BCUT2D eigenvalue weighted by Gasteiger charge is -2.37. The van der Waals surface area contributed by atoms with E-state index >= 15 is 0 Å². The highest BCUT2D eigenvalue weighted by Crippen LogP contribution is 2.33. The lowest BCUT2D eigenvalue weighted by molar-refractivity contribution is -0.152. The number of carbonyl (C=O) groups excluding carboxylic acids is 2. The summed E-state index contributed by atoms with van der Waals surface area (Å²) < 4.78 is 5.65. The van der Waals surface area contributed by atoms with E-state index < -0.39 is 5.60 Å². The molecule has 1 amide bonds. The third-order valence-electron chi connectivity index (χ3n) is 4.38. The molecule has 0 unspecified atom stereocenters. The molecule has 2 aliphatic rings. The van der Waals surface area contributed by atoms with Crippen LogP contribution in [0.25, 0.3) is 0 Å². The number of carbonyl (C=O) groups is 2. The Balaban J connectivity index is 1.65. The van der Waals surface area contributed by atoms with E-state index in [4.69, 9.17) is 16.3 Å². The fourth-order valence-electron chi connectivity index (χ4n) is 3.10. The highest BCUT2D eigenvalue weighted by molar-refractivity contribution is 6.31. The summed E-state index contributed by atoms with van der Waals surface area (Å²) in [5.41, 5.74) is 0.190. The molecule has 0 bridgehead atoms. The van der Waals surface area contributed by atoms with Gasteiger partial charge in [-0.2, -0.15) is 0 Å². The van der Waals surface area contributed by atoms with Crippen molar-refractivity contribution in [1.82, 2.24) is 4.90 Å². The third kappa shape index (κ3) is 2.83. The minimum absolute atomic E-state index is 0.0405. The topological polar surface area (TPSA) is 46.6 Å². The van der Waals surface area contributed by atoms with E-state index in [0.717, 1.165) is 18.4 Å². The number of hydrogen-bond donors (Lipinski definition) is 0. The number of Topliss-reactive ketones (excluding diaryl/α,β-unsaturated/α-hetero) is 1. The van der Waals surface area contributed by atoms with Gasteiger partial charge in [0.2, 0.25) is 5.91 Å². The second-order valence-electron chi connectivity index (χ2n) is 5.70. The van der Waals surface area contributed by atoms with Crippen molar-refractivity contribution in [3.05, 3.63) is 34.9 Å². The summed E-state index contributed by atoms with van der Waals surface area (Å²) in [5.74, 6) is -0.0111. The predicted octanol–water partition coefficient (Wildman–Crippen LogP) is 2.23. The van der Waals surface area contributed by atoms with Gasteiger partial charge in [0.15, 0.2) is 5.78 Å². The lowest BCUT2D eigenvalue weighted by atomic mass is 9.87. The Labute approximate surface area is 129 Å². The molecule has 2 heterocycles. The maximum absolute atomic E-state index is 12.3. The highest BCUT2D eigenvalue weighted by Gasteiger charge is 2.46. The van der Waals surface area contributed by atoms with Crippen molar-refractivity contribution < 1.29 is 14.3 Å². The van der Waals surface area contributed by atoms with Gasteiger partial charge in [-0.25, -0.2) is 0 Å². The molecule has 3 rings (SSSR count). The Morgan fingerprint density at radius 1 is 1.33 bits per heavy atom. The molecular weight excluding hydrogens is 290 g/mol. The van der Waals surface area contributed by atoms with Gasteiger partial charge in [0.25, 0.3) is 0 Å². The van der Waals surface area contributed by atoms with Gasteiger partial charge in [-0.15, -0.1) is 0 Å². The molecule has 0 radical (unpaired) electrons. The van der Waals surface area contributed by atoms with Crippen LogP contribution in [0.1, 0.15) is 24.8 Å². The van der Waals surface area contributed by atoms with Crippen LogP contribution in [0.15, 0.2) is 24.3 Å². The zero-order valence-corrected chi connectivity index (χ0v) is 12.6. The Kier molecular flexibility index (Phi) is 4.00. The standard InChI is InChI=1S/C16H18ClNO3/c17-13-5-2-1-4-12(13)10-15(20)18-8-7-16(14(19)11-18)6-3-9-21-16/h1-2,4-5H,3,6-11H2/t16-/m0/s1. The number of ether oxygens (including phenoxy) is 1. The van der Waals surface area contributed by atoms with Crippen LogP contribution in [0.5, 0.6) is 0 Å². The van der Waals surface area contributed by atoms with Crippen molar-refractivity contribution in [2.24, 2.45) is 0 Å². The molecule has 5 heteroatoms. The molecule has 2 aliphatic heterocycles. The summed E-state index contributed by atoms with van der Waals surface area (Å²) in [5, 5.41) is 0.588. The second-order valence-corrected chi connectivity index (χ2v) is 6.11. The lowest BCUT2D eigenvalue weighted by Crippen LogP contribution is -2.54. The number of likely N-dealkylation sites (tertiary alicyclic amines) is 1. The maximum atomic E-state index is 12.3. The molecule has 4 nitrogen and oxygen atoms in total. The van der Waals surface area contributed by atoms with Gasteiger partial charge in [-0.1, -0.05) is 29.8 Å². The van der Waals surface area contributed by atoms with E-state index in [1.807, 2.05) is 18.2 Å². The number of rotatable bonds is 2. The molecular formula is C16H18ClNO3. The number of benzene rings is 1. The number of hydrogen-bond acceptors (Lipinski definition) is 3. The molecule has 0 saturated carbocycles. The molecule has 1 aromatic rings. The van der Waals surface area contributed by atoms with Gasteiger partial charge in [0.05, 0.1) is 13.0 Å². The molecule has 0 N–H and O–H groups in total. The van der Waals surface area contributed by atoms with Gasteiger partial charge in [-0.05, 0) is 24.5 Å². The first-order valence-corrected chi connectivity index (χ1v) is 7.67. The van der Waals surface area contributed by atoms with Crippen LogP contribution in [0.4, 0.5) is 0 Å². The average molecular weight is 308 g/mol. The third-order valence-corrected chi connectivity index (χ3v) is 4.75. The van der Waals surface area contributed by atoms with E-state index in [-0.39, 0.29) is 24.7 Å². The van der Waals surface area contributed by atoms with Crippen LogP contribution in [-0.4, -0.2) is 41.9 Å². The van der Waals surface area contributed by atoms with Crippen molar-refractivity contribution >= 4 is 23.3 Å². The summed E-state index contributed by atoms with van der Waals surface area (Å²) in [6.45, 7) is 1.39. The molecule has 2 saturated heterocycles. The first-order chi connectivity index (χ1) is 10.1. The van der Waals surface area contributed by atoms with E-state index in [2.05, 4.69) is 0 Å². The van der Waals surface area contributed by atoms with Gasteiger partial charge >= 0.3 is 0 Å². The smallest absolute Gasteiger partial charge is 0.227 e. The summed E-state index contributed by atoms with van der Waals surface area (Å²) in [7, 11) is 0. The Hall–Kier alpha value is -1.39. The highest BCUT2D eigenvalue weighted by atomic mass is 35.5. The number of piperidine rings is 1. The Morgan fingerprint density at radius 3 is 2.81 bits per heavy atom. The normalized spacial score (nSPS) is 25.6. The van der Waals surface area contributed by atoms with Gasteiger partial charge < -0.3 is 9.64 Å². The molecule has 2 fully saturated rings. The molecule has 21 heavy (non-hydrogen) atoms. The van der Waals surface area contributed by atoms with Crippen LogP contribution < -0.4 is 0 Å². The van der Waals surface area contributed by atoms with Crippen LogP contribution in [0.2, 0.25) is 5.02 Å². The summed E-state index contributed by atoms with van der Waals surface area (Å²) in [4.78, 5) is 26.3. The van der Waals surface area contributed by atoms with E-state index in [0.29, 0.717) is 24.6 Å². The fraction of sp³-hybridized carbons (Fsp3) is 0.500. The molecule has 112 valence electrons. The van der Waals surface area contributed by atoms with Crippen molar-refractivity contribution in [2.45, 2.75) is 31.3 Å². The average Bonchev–Trinajstić information content (AvgIpc) is 2.94. The molecule has 1 spiro atoms. The summed E-state index contributed by atoms with van der Waals surface area (Å²) in [6, 6.07) is 7.31. The number of ketones is 1. The molecule has 1 atom stereocenters.